The summed E-state index contributed by atoms with van der Waals surface area (Å²) in [7, 11) is 0. The predicted octanol–water partition coefficient (Wildman–Crippen LogP) is 0.201. The van der Waals surface area contributed by atoms with Crippen LogP contribution in [0.2, 0.25) is 0 Å². The number of ketones is 1. The van der Waals surface area contributed by atoms with Gasteiger partial charge in [-0.15, -0.1) is 0 Å². The molecule has 2 aliphatic heterocycles. The van der Waals surface area contributed by atoms with Gasteiger partial charge in [-0.05, 0) is 12.8 Å². The molecule has 2 aliphatic rings. The van der Waals surface area contributed by atoms with E-state index in [1.165, 1.54) is 0 Å². The molecule has 3 heteroatoms. The van der Waals surface area contributed by atoms with Gasteiger partial charge in [0.1, 0.15) is 5.78 Å². The van der Waals surface area contributed by atoms with Gasteiger partial charge in [0.15, 0.2) is 0 Å². The van der Waals surface area contributed by atoms with Crippen molar-refractivity contribution in [1.29, 1.82) is 0 Å². The van der Waals surface area contributed by atoms with Gasteiger partial charge in [0, 0.05) is 31.5 Å². The van der Waals surface area contributed by atoms with Crippen LogP contribution in [0.15, 0.2) is 0 Å². The second kappa shape index (κ2) is 3.54. The molecule has 0 aromatic rings. The van der Waals surface area contributed by atoms with Crippen LogP contribution in [0.4, 0.5) is 0 Å². The molecular weight excluding hydrogens is 154 g/mol. The van der Waals surface area contributed by atoms with Crippen molar-refractivity contribution in [1.82, 2.24) is 5.32 Å². The highest BCUT2D eigenvalue weighted by atomic mass is 16.5. The van der Waals surface area contributed by atoms with Gasteiger partial charge in [-0.1, -0.05) is 0 Å². The SMILES string of the molecule is O=C(C1CNC1)C1CCCOC1. The monoisotopic (exact) mass is 169 g/mol. The quantitative estimate of drug-likeness (QED) is 0.642. The van der Waals surface area contributed by atoms with Crippen LogP contribution >= 0.6 is 0 Å². The van der Waals surface area contributed by atoms with Crippen LogP contribution in [0, 0.1) is 11.8 Å². The third kappa shape index (κ3) is 1.52. The summed E-state index contributed by atoms with van der Waals surface area (Å²) >= 11 is 0. The van der Waals surface area contributed by atoms with Crippen molar-refractivity contribution in [2.75, 3.05) is 26.3 Å². The minimum Gasteiger partial charge on any atom is -0.381 e. The summed E-state index contributed by atoms with van der Waals surface area (Å²) in [5.41, 5.74) is 0. The van der Waals surface area contributed by atoms with Crippen molar-refractivity contribution >= 4 is 5.78 Å². The maximum atomic E-state index is 11.7. The minimum absolute atomic E-state index is 0.200. The lowest BCUT2D eigenvalue weighted by atomic mass is 9.86. The molecule has 0 aromatic carbocycles. The Morgan fingerprint density at radius 2 is 2.17 bits per heavy atom. The summed E-state index contributed by atoms with van der Waals surface area (Å²) in [6.45, 7) is 3.27. The van der Waals surface area contributed by atoms with Gasteiger partial charge in [-0.2, -0.15) is 0 Å². The predicted molar refractivity (Wildman–Crippen MR) is 44.9 cm³/mol. The molecule has 0 radical (unpaired) electrons. The van der Waals surface area contributed by atoms with Crippen molar-refractivity contribution in [2.45, 2.75) is 12.8 Å². The number of hydrogen-bond donors (Lipinski definition) is 1. The normalized spacial score (nSPS) is 31.2. The van der Waals surface area contributed by atoms with Crippen molar-refractivity contribution in [3.63, 3.8) is 0 Å². The van der Waals surface area contributed by atoms with Gasteiger partial charge >= 0.3 is 0 Å². The number of rotatable bonds is 2. The smallest absolute Gasteiger partial charge is 0.143 e. The van der Waals surface area contributed by atoms with Gasteiger partial charge in [-0.25, -0.2) is 0 Å². The average molecular weight is 169 g/mol. The molecule has 2 saturated heterocycles. The van der Waals surface area contributed by atoms with Gasteiger partial charge in [0.2, 0.25) is 0 Å². The van der Waals surface area contributed by atoms with Crippen molar-refractivity contribution in [3.8, 4) is 0 Å². The fraction of sp³-hybridized carbons (Fsp3) is 0.889. The minimum atomic E-state index is 0.200. The van der Waals surface area contributed by atoms with E-state index in [0.29, 0.717) is 12.4 Å². The number of carbonyl (C=O) groups excluding carboxylic acids is 1. The highest BCUT2D eigenvalue weighted by Gasteiger charge is 2.31. The third-order valence-electron chi connectivity index (χ3n) is 2.75. The molecule has 2 rings (SSSR count). The number of hydrogen-bond acceptors (Lipinski definition) is 3. The summed E-state index contributed by atoms with van der Waals surface area (Å²) in [4.78, 5) is 11.7. The number of ether oxygens (including phenoxy) is 1. The van der Waals surface area contributed by atoms with Gasteiger partial charge < -0.3 is 10.1 Å². The maximum absolute atomic E-state index is 11.7. The second-order valence-electron chi connectivity index (χ2n) is 3.67. The Hall–Kier alpha value is -0.410. The van der Waals surface area contributed by atoms with Crippen LogP contribution in [0.1, 0.15) is 12.8 Å². The molecule has 0 aromatic heterocycles. The van der Waals surface area contributed by atoms with E-state index in [0.717, 1.165) is 32.5 Å². The van der Waals surface area contributed by atoms with Crippen LogP contribution in [0.3, 0.4) is 0 Å². The summed E-state index contributed by atoms with van der Waals surface area (Å²) in [5.74, 6) is 0.913. The van der Waals surface area contributed by atoms with Crippen molar-refractivity contribution < 1.29 is 9.53 Å². The standard InChI is InChI=1S/C9H15NO2/c11-9(8-4-10-5-8)7-2-1-3-12-6-7/h7-8,10H,1-6H2. The molecule has 68 valence electrons. The van der Waals surface area contributed by atoms with Gasteiger partial charge in [0.25, 0.3) is 0 Å². The lowest BCUT2D eigenvalue weighted by Crippen LogP contribution is -2.49. The number of nitrogens with one attached hydrogen (secondary N) is 1. The zero-order chi connectivity index (χ0) is 8.39. The van der Waals surface area contributed by atoms with E-state index in [2.05, 4.69) is 5.32 Å². The highest BCUT2D eigenvalue weighted by Crippen LogP contribution is 2.20. The largest absolute Gasteiger partial charge is 0.381 e. The highest BCUT2D eigenvalue weighted by molar-refractivity contribution is 5.84. The first-order chi connectivity index (χ1) is 5.88. The van der Waals surface area contributed by atoms with E-state index in [-0.39, 0.29) is 11.8 Å². The fourth-order valence-electron chi connectivity index (χ4n) is 1.79. The summed E-state index contributed by atoms with van der Waals surface area (Å²) < 4.78 is 5.28. The summed E-state index contributed by atoms with van der Waals surface area (Å²) in [5, 5.41) is 3.12. The number of Topliss-reactive ketones (excluding diaryl/α,β-unsaturated/α-hetero) is 1. The van der Waals surface area contributed by atoms with E-state index < -0.39 is 0 Å². The Kier molecular flexibility index (Phi) is 2.42. The third-order valence-corrected chi connectivity index (χ3v) is 2.75. The molecule has 0 aliphatic carbocycles. The van der Waals surface area contributed by atoms with Crippen LogP contribution in [0.25, 0.3) is 0 Å². The van der Waals surface area contributed by atoms with Gasteiger partial charge in [0.05, 0.1) is 6.61 Å². The Morgan fingerprint density at radius 1 is 1.33 bits per heavy atom. The Balaban J connectivity index is 1.84. The molecule has 2 fully saturated rings. The van der Waals surface area contributed by atoms with E-state index in [9.17, 15) is 4.79 Å². The lowest BCUT2D eigenvalue weighted by molar-refractivity contribution is -0.132. The van der Waals surface area contributed by atoms with Crippen LogP contribution in [0.5, 0.6) is 0 Å². The van der Waals surface area contributed by atoms with E-state index in [1.54, 1.807) is 0 Å². The van der Waals surface area contributed by atoms with Crippen LogP contribution in [-0.4, -0.2) is 32.1 Å². The Labute approximate surface area is 72.5 Å². The molecule has 0 spiro atoms. The molecule has 1 atom stereocenters. The maximum Gasteiger partial charge on any atom is 0.143 e. The van der Waals surface area contributed by atoms with Gasteiger partial charge in [-0.3, -0.25) is 4.79 Å². The van der Waals surface area contributed by atoms with Crippen molar-refractivity contribution in [2.24, 2.45) is 11.8 Å². The first kappa shape index (κ1) is 8.20. The molecule has 0 bridgehead atoms. The van der Waals surface area contributed by atoms with E-state index in [1.807, 2.05) is 0 Å². The topological polar surface area (TPSA) is 38.3 Å². The summed E-state index contributed by atoms with van der Waals surface area (Å²) in [6.07, 6.45) is 2.09. The zero-order valence-corrected chi connectivity index (χ0v) is 7.21. The molecule has 0 amide bonds. The second-order valence-corrected chi connectivity index (χ2v) is 3.67. The molecule has 2 heterocycles. The Bertz CT molecular complexity index is 171. The molecule has 1 unspecified atom stereocenters. The Morgan fingerprint density at radius 3 is 2.67 bits per heavy atom. The first-order valence-electron chi connectivity index (χ1n) is 4.70. The van der Waals surface area contributed by atoms with E-state index in [4.69, 9.17) is 4.74 Å². The first-order valence-corrected chi connectivity index (χ1v) is 4.70. The molecule has 0 saturated carbocycles. The number of carbonyl (C=O) groups is 1. The fourth-order valence-corrected chi connectivity index (χ4v) is 1.79. The molecule has 3 nitrogen and oxygen atoms in total. The molecular formula is C9H15NO2. The van der Waals surface area contributed by atoms with E-state index >= 15 is 0 Å². The molecule has 1 N–H and O–H groups in total. The van der Waals surface area contributed by atoms with Crippen LogP contribution < -0.4 is 5.32 Å². The lowest BCUT2D eigenvalue weighted by Gasteiger charge is -2.30. The average Bonchev–Trinajstić information content (AvgIpc) is 2.03. The van der Waals surface area contributed by atoms with Crippen LogP contribution in [-0.2, 0) is 9.53 Å². The summed E-state index contributed by atoms with van der Waals surface area (Å²) in [6, 6.07) is 0. The molecule has 12 heavy (non-hydrogen) atoms. The van der Waals surface area contributed by atoms with Crippen molar-refractivity contribution in [3.05, 3.63) is 0 Å². The zero-order valence-electron chi connectivity index (χ0n) is 7.21.